The third kappa shape index (κ3) is 3.18. The molecule has 0 aliphatic rings. The van der Waals surface area contributed by atoms with Crippen molar-refractivity contribution < 1.29 is 14.4 Å². The largest absolute Gasteiger partial charge is 0.364 e. The van der Waals surface area contributed by atoms with Gasteiger partial charge in [0.1, 0.15) is 13.5 Å². The van der Waals surface area contributed by atoms with Gasteiger partial charge in [0.05, 0.1) is 4.92 Å². The second kappa shape index (κ2) is 6.04. The molecule has 1 aromatic rings. The zero-order chi connectivity index (χ0) is 12.0. The van der Waals surface area contributed by atoms with Crippen molar-refractivity contribution in [3.63, 3.8) is 0 Å². The van der Waals surface area contributed by atoms with Gasteiger partial charge in [-0.25, -0.2) is 0 Å². The van der Waals surface area contributed by atoms with Crippen LogP contribution < -0.4 is 4.90 Å². The summed E-state index contributed by atoms with van der Waals surface area (Å²) in [5, 5.41) is 10.5. The van der Waals surface area contributed by atoms with Crippen LogP contribution in [0.4, 0.5) is 11.4 Å². The Labute approximate surface area is 93.5 Å². The summed E-state index contributed by atoms with van der Waals surface area (Å²) in [6.45, 7) is 0.733. The Hall–Kier alpha value is -1.66. The van der Waals surface area contributed by atoms with Crippen LogP contribution >= 0.6 is 0 Å². The molecule has 0 atom stereocenters. The predicted molar refractivity (Wildman–Crippen MR) is 59.3 cm³/mol. The normalized spacial score (nSPS) is 10.1. The fraction of sp³-hybridized carbons (Fsp3) is 0.400. The van der Waals surface area contributed by atoms with E-state index in [-0.39, 0.29) is 5.69 Å². The van der Waals surface area contributed by atoms with E-state index in [2.05, 4.69) is 0 Å². The van der Waals surface area contributed by atoms with Crippen LogP contribution in [0.5, 0.6) is 0 Å². The van der Waals surface area contributed by atoms with Crippen molar-refractivity contribution in [3.05, 3.63) is 34.4 Å². The van der Waals surface area contributed by atoms with E-state index >= 15 is 0 Å². The first kappa shape index (κ1) is 12.4. The van der Waals surface area contributed by atoms with Crippen LogP contribution in [-0.2, 0) is 9.47 Å². The Bertz CT molecular complexity index is 333. The van der Waals surface area contributed by atoms with Crippen LogP contribution in [0, 0.1) is 10.1 Å². The third-order valence-electron chi connectivity index (χ3n) is 2.00. The minimum absolute atomic E-state index is 0.0681. The molecule has 0 heterocycles. The molecule has 0 unspecified atom stereocenters. The maximum Gasteiger partial charge on any atom is 0.269 e. The summed E-state index contributed by atoms with van der Waals surface area (Å²) in [5.74, 6) is 0. The maximum atomic E-state index is 10.5. The molecule has 0 aliphatic carbocycles. The number of rotatable bonds is 6. The van der Waals surface area contributed by atoms with Crippen molar-refractivity contribution in [3.8, 4) is 0 Å². The molecule has 6 heteroatoms. The first-order valence-corrected chi connectivity index (χ1v) is 4.66. The second-order valence-corrected chi connectivity index (χ2v) is 3.15. The van der Waals surface area contributed by atoms with Crippen LogP contribution in [0.25, 0.3) is 0 Å². The molecule has 88 valence electrons. The van der Waals surface area contributed by atoms with Gasteiger partial charge in [-0.15, -0.1) is 0 Å². The summed E-state index contributed by atoms with van der Waals surface area (Å²) in [5.41, 5.74) is 0.882. The van der Waals surface area contributed by atoms with Gasteiger partial charge >= 0.3 is 0 Å². The summed E-state index contributed by atoms with van der Waals surface area (Å²) in [6.07, 6.45) is 0. The van der Waals surface area contributed by atoms with Gasteiger partial charge in [-0.05, 0) is 12.1 Å². The quantitative estimate of drug-likeness (QED) is 0.419. The number of nitrogens with zero attached hydrogens (tertiary/aromatic N) is 2. The van der Waals surface area contributed by atoms with Crippen LogP contribution in [0.1, 0.15) is 0 Å². The summed E-state index contributed by atoms with van der Waals surface area (Å²) >= 11 is 0. The van der Waals surface area contributed by atoms with Crippen molar-refractivity contribution in [1.29, 1.82) is 0 Å². The first-order chi connectivity index (χ1) is 7.69. The Balaban J connectivity index is 2.80. The highest BCUT2D eigenvalue weighted by Crippen LogP contribution is 2.19. The average molecular weight is 226 g/mol. The van der Waals surface area contributed by atoms with Gasteiger partial charge in [-0.1, -0.05) is 0 Å². The summed E-state index contributed by atoms with van der Waals surface area (Å²) in [4.78, 5) is 11.9. The minimum atomic E-state index is -0.430. The van der Waals surface area contributed by atoms with Crippen LogP contribution in [0.15, 0.2) is 24.3 Å². The van der Waals surface area contributed by atoms with Gasteiger partial charge in [0.15, 0.2) is 0 Å². The summed E-state index contributed by atoms with van der Waals surface area (Å²) < 4.78 is 10.0. The van der Waals surface area contributed by atoms with E-state index in [0.717, 1.165) is 5.69 Å². The topological polar surface area (TPSA) is 64.8 Å². The number of hydrogen-bond acceptors (Lipinski definition) is 5. The molecule has 16 heavy (non-hydrogen) atoms. The molecule has 0 radical (unpaired) electrons. The van der Waals surface area contributed by atoms with Gasteiger partial charge in [0, 0.05) is 32.0 Å². The number of methoxy groups -OCH3 is 2. The van der Waals surface area contributed by atoms with Crippen molar-refractivity contribution in [1.82, 2.24) is 0 Å². The smallest absolute Gasteiger partial charge is 0.269 e. The van der Waals surface area contributed by atoms with Crippen molar-refractivity contribution in [2.75, 3.05) is 32.6 Å². The molecule has 0 aliphatic heterocycles. The third-order valence-corrected chi connectivity index (χ3v) is 2.00. The van der Waals surface area contributed by atoms with E-state index in [1.54, 1.807) is 26.4 Å². The Kier molecular flexibility index (Phi) is 4.68. The Morgan fingerprint density at radius 1 is 1.19 bits per heavy atom. The number of anilines is 1. The molecular formula is C10H14N2O4. The molecule has 0 bridgehead atoms. The molecule has 0 fully saturated rings. The monoisotopic (exact) mass is 226 g/mol. The molecule has 1 aromatic carbocycles. The summed E-state index contributed by atoms with van der Waals surface area (Å²) in [6, 6.07) is 6.23. The first-order valence-electron chi connectivity index (χ1n) is 4.66. The standard InChI is InChI=1S/C10H14N2O4/c1-15-7-11(8-16-2)9-3-5-10(6-4-9)12(13)14/h3-6H,7-8H2,1-2H3. The summed E-state index contributed by atoms with van der Waals surface area (Å²) in [7, 11) is 3.15. The zero-order valence-electron chi connectivity index (χ0n) is 9.25. The zero-order valence-corrected chi connectivity index (χ0v) is 9.25. The number of non-ortho nitro benzene ring substituents is 1. The van der Waals surface area contributed by atoms with Gasteiger partial charge in [0.2, 0.25) is 0 Å². The van der Waals surface area contributed by atoms with E-state index < -0.39 is 4.92 Å². The van der Waals surface area contributed by atoms with E-state index in [9.17, 15) is 10.1 Å². The fourth-order valence-corrected chi connectivity index (χ4v) is 1.28. The Morgan fingerprint density at radius 2 is 1.69 bits per heavy atom. The highest BCUT2D eigenvalue weighted by atomic mass is 16.6. The van der Waals surface area contributed by atoms with E-state index in [1.807, 2.05) is 4.90 Å². The lowest BCUT2D eigenvalue weighted by Crippen LogP contribution is -2.27. The molecule has 1 rings (SSSR count). The number of benzene rings is 1. The Morgan fingerprint density at radius 3 is 2.06 bits per heavy atom. The minimum Gasteiger partial charge on any atom is -0.364 e. The molecular weight excluding hydrogens is 212 g/mol. The number of nitro benzene ring substituents is 1. The lowest BCUT2D eigenvalue weighted by Gasteiger charge is -2.22. The van der Waals surface area contributed by atoms with Crippen molar-refractivity contribution in [2.45, 2.75) is 0 Å². The number of ether oxygens (including phenoxy) is 2. The molecule has 0 saturated heterocycles. The molecule has 0 spiro atoms. The van der Waals surface area contributed by atoms with Gasteiger partial charge in [-0.2, -0.15) is 0 Å². The van der Waals surface area contributed by atoms with Gasteiger partial charge in [-0.3, -0.25) is 10.1 Å². The van der Waals surface area contributed by atoms with E-state index in [1.165, 1.54) is 12.1 Å². The van der Waals surface area contributed by atoms with E-state index in [4.69, 9.17) is 9.47 Å². The SMILES string of the molecule is COCN(COC)c1ccc([N+](=O)[O-])cc1. The van der Waals surface area contributed by atoms with Crippen molar-refractivity contribution >= 4 is 11.4 Å². The average Bonchev–Trinajstić information content (AvgIpc) is 2.29. The molecule has 0 N–H and O–H groups in total. The maximum absolute atomic E-state index is 10.5. The molecule has 0 aromatic heterocycles. The van der Waals surface area contributed by atoms with Crippen molar-refractivity contribution in [2.24, 2.45) is 0 Å². The van der Waals surface area contributed by atoms with E-state index in [0.29, 0.717) is 13.5 Å². The van der Waals surface area contributed by atoms with Crippen LogP contribution in [-0.4, -0.2) is 32.6 Å². The van der Waals surface area contributed by atoms with Crippen LogP contribution in [0.3, 0.4) is 0 Å². The number of nitro groups is 1. The molecule has 0 saturated carbocycles. The highest BCUT2D eigenvalue weighted by Gasteiger charge is 2.08. The van der Waals surface area contributed by atoms with Crippen LogP contribution in [0.2, 0.25) is 0 Å². The molecule has 0 amide bonds. The van der Waals surface area contributed by atoms with Gasteiger partial charge in [0.25, 0.3) is 5.69 Å². The lowest BCUT2D eigenvalue weighted by molar-refractivity contribution is -0.384. The van der Waals surface area contributed by atoms with Gasteiger partial charge < -0.3 is 14.4 Å². The molecule has 6 nitrogen and oxygen atoms in total. The highest BCUT2D eigenvalue weighted by molar-refractivity contribution is 5.50. The lowest BCUT2D eigenvalue weighted by atomic mass is 10.3. The number of hydrogen-bond donors (Lipinski definition) is 0. The second-order valence-electron chi connectivity index (χ2n) is 3.15. The fourth-order valence-electron chi connectivity index (χ4n) is 1.28. The predicted octanol–water partition coefficient (Wildman–Crippen LogP) is 1.61.